The Balaban J connectivity index is 0.00000120. The summed E-state index contributed by atoms with van der Waals surface area (Å²) in [5.41, 5.74) is 1.80. The molecule has 29 heavy (non-hydrogen) atoms. The van der Waals surface area contributed by atoms with E-state index in [1.807, 2.05) is 13.1 Å². The molecule has 0 aromatic carbocycles. The third kappa shape index (κ3) is 4.22. The number of nitrogens with zero attached hydrogens (tertiary/aromatic N) is 3. The molecule has 4 aliphatic rings. The zero-order chi connectivity index (χ0) is 18.4. The first-order chi connectivity index (χ1) is 13.2. The van der Waals surface area contributed by atoms with Crippen LogP contribution < -0.4 is 15.5 Å². The van der Waals surface area contributed by atoms with Gasteiger partial charge in [-0.25, -0.2) is 4.98 Å². The van der Waals surface area contributed by atoms with Crippen molar-refractivity contribution in [2.24, 2.45) is 11.8 Å². The maximum absolute atomic E-state index is 12.8. The summed E-state index contributed by atoms with van der Waals surface area (Å²) in [6.45, 7) is 5.18. The highest BCUT2D eigenvalue weighted by Crippen LogP contribution is 2.38. The van der Waals surface area contributed by atoms with E-state index in [9.17, 15) is 4.79 Å². The highest BCUT2D eigenvalue weighted by molar-refractivity contribution is 5.92. The van der Waals surface area contributed by atoms with Gasteiger partial charge in [0, 0.05) is 32.2 Å². The van der Waals surface area contributed by atoms with Gasteiger partial charge in [-0.2, -0.15) is 0 Å². The zero-order valence-corrected chi connectivity index (χ0v) is 18.7. The third-order valence-corrected chi connectivity index (χ3v) is 7.26. The highest BCUT2D eigenvalue weighted by Gasteiger charge is 2.45. The largest absolute Gasteiger partial charge is 0.359 e. The quantitative estimate of drug-likeness (QED) is 0.751. The van der Waals surface area contributed by atoms with Crippen LogP contribution in [0.2, 0.25) is 0 Å². The van der Waals surface area contributed by atoms with Gasteiger partial charge in [-0.15, -0.1) is 24.8 Å². The number of rotatable bonds is 3. The van der Waals surface area contributed by atoms with Crippen LogP contribution >= 0.6 is 24.8 Å². The first kappa shape index (κ1) is 22.6. The molecule has 4 aliphatic heterocycles. The van der Waals surface area contributed by atoms with Crippen LogP contribution in [0.15, 0.2) is 12.1 Å². The fourth-order valence-electron chi connectivity index (χ4n) is 5.86. The van der Waals surface area contributed by atoms with Gasteiger partial charge in [0.25, 0.3) is 5.91 Å². The average molecular weight is 442 g/mol. The van der Waals surface area contributed by atoms with Crippen molar-refractivity contribution in [3.05, 3.63) is 23.4 Å². The summed E-state index contributed by atoms with van der Waals surface area (Å²) in [4.78, 5) is 22.3. The summed E-state index contributed by atoms with van der Waals surface area (Å²) in [5, 5.41) is 6.87. The van der Waals surface area contributed by atoms with Crippen molar-refractivity contribution >= 4 is 36.5 Å². The Labute approximate surface area is 186 Å². The summed E-state index contributed by atoms with van der Waals surface area (Å²) < 4.78 is 0. The first-order valence-corrected chi connectivity index (χ1v) is 10.7. The van der Waals surface area contributed by atoms with Crippen molar-refractivity contribution in [1.82, 2.24) is 20.5 Å². The van der Waals surface area contributed by atoms with Crippen LogP contribution in [0.5, 0.6) is 0 Å². The van der Waals surface area contributed by atoms with Crippen LogP contribution in [0, 0.1) is 11.8 Å². The number of hydrogen-bond donors (Lipinski definition) is 2. The monoisotopic (exact) mass is 441 g/mol. The Morgan fingerprint density at radius 1 is 1.21 bits per heavy atom. The number of aromatic nitrogens is 1. The number of anilines is 1. The lowest BCUT2D eigenvalue weighted by atomic mass is 9.73. The summed E-state index contributed by atoms with van der Waals surface area (Å²) in [6, 6.07) is 5.12. The molecule has 1 aromatic rings. The summed E-state index contributed by atoms with van der Waals surface area (Å²) in [7, 11) is 2.05. The molecule has 3 fully saturated rings. The molecule has 0 aliphatic carbocycles. The van der Waals surface area contributed by atoms with Crippen molar-refractivity contribution in [3.63, 3.8) is 0 Å². The van der Waals surface area contributed by atoms with Crippen molar-refractivity contribution in [1.29, 1.82) is 0 Å². The molecule has 2 N–H and O–H groups in total. The molecule has 0 saturated carbocycles. The van der Waals surface area contributed by atoms with E-state index in [0.717, 1.165) is 37.8 Å². The smallest absolute Gasteiger partial charge is 0.270 e. The first-order valence-electron chi connectivity index (χ1n) is 10.7. The molecule has 8 heteroatoms. The van der Waals surface area contributed by atoms with Gasteiger partial charge in [0.2, 0.25) is 0 Å². The van der Waals surface area contributed by atoms with Crippen molar-refractivity contribution in [2.75, 3.05) is 44.7 Å². The van der Waals surface area contributed by atoms with E-state index in [0.29, 0.717) is 23.7 Å². The minimum Gasteiger partial charge on any atom is -0.359 e. The van der Waals surface area contributed by atoms with Gasteiger partial charge in [0.05, 0.1) is 0 Å². The van der Waals surface area contributed by atoms with Crippen molar-refractivity contribution in [2.45, 2.75) is 44.2 Å². The Morgan fingerprint density at radius 3 is 2.90 bits per heavy atom. The predicted molar refractivity (Wildman–Crippen MR) is 121 cm³/mol. The standard InChI is InChI=1S/C21H31N5O.2ClH/c1-25-9-7-14-5-6-17(24-20(14)25)21(27)23-13-19-16-10-15(11-22-12-16)18-4-2-3-8-26(18)19;;/h5-6,15-16,18-19,22H,2-4,7-13H2,1H3,(H,23,27);2*1H/t15-,16+,18+,19+;;/m1../s1. The van der Waals surface area contributed by atoms with Gasteiger partial charge < -0.3 is 15.5 Å². The molecule has 1 aromatic heterocycles. The van der Waals surface area contributed by atoms with Gasteiger partial charge >= 0.3 is 0 Å². The number of carbonyl (C=O) groups is 1. The normalized spacial score (nSPS) is 30.4. The summed E-state index contributed by atoms with van der Waals surface area (Å²) in [5.74, 6) is 2.38. The minimum absolute atomic E-state index is 0. The van der Waals surface area contributed by atoms with Crippen LogP contribution in [0.25, 0.3) is 0 Å². The number of carbonyl (C=O) groups excluding carboxylic acids is 1. The number of pyridine rings is 1. The minimum atomic E-state index is -0.0300. The fraction of sp³-hybridized carbons (Fsp3) is 0.714. The molecule has 0 radical (unpaired) electrons. The van der Waals surface area contributed by atoms with Crippen LogP contribution in [0.1, 0.15) is 41.7 Å². The molecular formula is C21H33Cl2N5O. The maximum atomic E-state index is 12.8. The summed E-state index contributed by atoms with van der Waals surface area (Å²) in [6.07, 6.45) is 6.31. The van der Waals surface area contributed by atoms with Crippen LogP contribution in [0.3, 0.4) is 0 Å². The van der Waals surface area contributed by atoms with E-state index in [1.165, 1.54) is 44.3 Å². The van der Waals surface area contributed by atoms with Crippen molar-refractivity contribution in [3.8, 4) is 0 Å². The second kappa shape index (κ2) is 9.38. The predicted octanol–water partition coefficient (Wildman–Crippen LogP) is 2.11. The maximum Gasteiger partial charge on any atom is 0.270 e. The van der Waals surface area contributed by atoms with E-state index in [1.54, 1.807) is 0 Å². The van der Waals surface area contributed by atoms with E-state index >= 15 is 0 Å². The van der Waals surface area contributed by atoms with Gasteiger partial charge in [-0.3, -0.25) is 9.69 Å². The van der Waals surface area contributed by atoms with Crippen LogP contribution in [-0.4, -0.2) is 67.6 Å². The Hall–Kier alpha value is -1.08. The number of fused-ring (bicyclic) bond motifs is 5. The number of hydrogen-bond acceptors (Lipinski definition) is 5. The fourth-order valence-corrected chi connectivity index (χ4v) is 5.86. The Kier molecular flexibility index (Phi) is 7.31. The van der Waals surface area contributed by atoms with E-state index in [4.69, 9.17) is 0 Å². The third-order valence-electron chi connectivity index (χ3n) is 7.26. The number of amides is 1. The van der Waals surface area contributed by atoms with Gasteiger partial charge in [0.1, 0.15) is 11.5 Å². The Morgan fingerprint density at radius 2 is 2.03 bits per heavy atom. The van der Waals surface area contributed by atoms with Gasteiger partial charge in [-0.1, -0.05) is 12.5 Å². The number of nitrogens with one attached hydrogen (secondary N) is 2. The molecule has 0 spiro atoms. The lowest BCUT2D eigenvalue weighted by Crippen LogP contribution is -2.65. The second-order valence-electron chi connectivity index (χ2n) is 8.84. The Bertz CT molecular complexity index is 733. The average Bonchev–Trinajstić information content (AvgIpc) is 3.08. The summed E-state index contributed by atoms with van der Waals surface area (Å²) >= 11 is 0. The second-order valence-corrected chi connectivity index (χ2v) is 8.84. The zero-order valence-electron chi connectivity index (χ0n) is 17.1. The molecule has 3 saturated heterocycles. The number of piperidine rings is 3. The molecule has 162 valence electrons. The lowest BCUT2D eigenvalue weighted by molar-refractivity contribution is -0.0371. The van der Waals surface area contributed by atoms with Crippen LogP contribution in [0.4, 0.5) is 5.82 Å². The molecule has 5 heterocycles. The van der Waals surface area contributed by atoms with E-state index in [2.05, 4.69) is 31.5 Å². The van der Waals surface area contributed by atoms with Gasteiger partial charge in [0.15, 0.2) is 0 Å². The SMILES string of the molecule is CN1CCc2ccc(C(=O)NC[C@H]3[C@@H]4CNC[C@@H](C4)[C@@H]4CCCCN43)nc21.Cl.Cl. The number of halogens is 2. The molecule has 1 amide bonds. The van der Waals surface area contributed by atoms with E-state index < -0.39 is 0 Å². The number of likely N-dealkylation sites (N-methyl/N-ethyl adjacent to an activating group) is 1. The van der Waals surface area contributed by atoms with Crippen molar-refractivity contribution < 1.29 is 4.79 Å². The van der Waals surface area contributed by atoms with Gasteiger partial charge in [-0.05, 0) is 68.8 Å². The van der Waals surface area contributed by atoms with E-state index in [-0.39, 0.29) is 30.7 Å². The molecule has 4 atom stereocenters. The molecule has 6 nitrogen and oxygen atoms in total. The van der Waals surface area contributed by atoms with Crippen LogP contribution in [-0.2, 0) is 6.42 Å². The molecule has 0 unspecified atom stereocenters. The highest BCUT2D eigenvalue weighted by atomic mass is 35.5. The topological polar surface area (TPSA) is 60.5 Å². The lowest BCUT2D eigenvalue weighted by Gasteiger charge is -2.55. The molecule has 2 bridgehead atoms. The molecular weight excluding hydrogens is 409 g/mol. The molecule has 5 rings (SSSR count).